The third-order valence-corrected chi connectivity index (χ3v) is 3.16. The highest BCUT2D eigenvalue weighted by Gasteiger charge is 2.25. The van der Waals surface area contributed by atoms with Crippen molar-refractivity contribution in [1.29, 1.82) is 0 Å². The Hall–Kier alpha value is -0.530. The van der Waals surface area contributed by atoms with Gasteiger partial charge in [0, 0.05) is 13.0 Å². The van der Waals surface area contributed by atoms with E-state index in [0.717, 1.165) is 5.92 Å². The van der Waals surface area contributed by atoms with Gasteiger partial charge in [-0.1, -0.05) is 20.8 Å². The first-order chi connectivity index (χ1) is 6.87. The van der Waals surface area contributed by atoms with Crippen molar-refractivity contribution in [2.45, 2.75) is 65.8 Å². The lowest BCUT2D eigenvalue weighted by atomic mass is 9.76. The fraction of sp³-hybridized carbons (Fsp3) is 0.923. The topological polar surface area (TPSA) is 29.1 Å². The van der Waals surface area contributed by atoms with E-state index >= 15 is 0 Å². The maximum Gasteiger partial charge on any atom is 0.217 e. The highest BCUT2D eigenvalue weighted by Crippen LogP contribution is 2.34. The lowest BCUT2D eigenvalue weighted by Gasteiger charge is -2.32. The zero-order valence-electron chi connectivity index (χ0n) is 10.6. The van der Waals surface area contributed by atoms with E-state index in [-0.39, 0.29) is 5.91 Å². The minimum absolute atomic E-state index is 0.120. The Bertz CT molecular complexity index is 209. The van der Waals surface area contributed by atoms with Gasteiger partial charge in [-0.15, -0.1) is 0 Å². The normalized spacial score (nSPS) is 27.5. The summed E-state index contributed by atoms with van der Waals surface area (Å²) in [7, 11) is 0. The van der Waals surface area contributed by atoms with Crippen LogP contribution < -0.4 is 5.32 Å². The van der Waals surface area contributed by atoms with Gasteiger partial charge in [-0.25, -0.2) is 0 Å². The molecule has 0 unspecified atom stereocenters. The molecule has 1 saturated carbocycles. The third kappa shape index (κ3) is 5.19. The average molecular weight is 211 g/mol. The summed E-state index contributed by atoms with van der Waals surface area (Å²) in [6, 6.07) is 0.443. The van der Waals surface area contributed by atoms with Crippen molar-refractivity contribution in [3.05, 3.63) is 0 Å². The summed E-state index contributed by atoms with van der Waals surface area (Å²) >= 11 is 0. The summed E-state index contributed by atoms with van der Waals surface area (Å²) in [5.41, 5.74) is 0.450. The van der Waals surface area contributed by atoms with Crippen LogP contribution in [0.3, 0.4) is 0 Å². The van der Waals surface area contributed by atoms with Gasteiger partial charge in [-0.2, -0.15) is 0 Å². The molecule has 1 N–H and O–H groups in total. The summed E-state index contributed by atoms with van der Waals surface area (Å²) in [4.78, 5) is 10.9. The van der Waals surface area contributed by atoms with E-state index in [9.17, 15) is 4.79 Å². The summed E-state index contributed by atoms with van der Waals surface area (Å²) in [6.45, 7) is 8.55. The Morgan fingerprint density at radius 1 is 1.20 bits per heavy atom. The molecule has 1 aliphatic carbocycles. The number of amides is 1. The minimum Gasteiger partial charge on any atom is -0.354 e. The minimum atomic E-state index is 0.120. The van der Waals surface area contributed by atoms with Crippen LogP contribution >= 0.6 is 0 Å². The van der Waals surface area contributed by atoms with Crippen LogP contribution in [0.4, 0.5) is 0 Å². The van der Waals surface area contributed by atoms with Crippen molar-refractivity contribution in [2.24, 2.45) is 11.3 Å². The van der Waals surface area contributed by atoms with Crippen molar-refractivity contribution in [3.8, 4) is 0 Å². The number of carbonyl (C=O) groups excluding carboxylic acids is 1. The first kappa shape index (κ1) is 12.5. The molecule has 0 radical (unpaired) electrons. The van der Waals surface area contributed by atoms with Crippen LogP contribution in [0.2, 0.25) is 0 Å². The summed E-state index contributed by atoms with van der Waals surface area (Å²) in [5.74, 6) is 0.990. The average Bonchev–Trinajstić information content (AvgIpc) is 2.05. The molecule has 0 atom stereocenters. The molecule has 88 valence electrons. The second kappa shape index (κ2) is 5.00. The first-order valence-electron chi connectivity index (χ1n) is 6.14. The molecule has 0 aliphatic heterocycles. The van der Waals surface area contributed by atoms with Crippen molar-refractivity contribution < 1.29 is 4.79 Å². The van der Waals surface area contributed by atoms with Crippen molar-refractivity contribution in [1.82, 2.24) is 5.32 Å². The maximum atomic E-state index is 10.9. The van der Waals surface area contributed by atoms with Gasteiger partial charge in [0.2, 0.25) is 5.91 Å². The lowest BCUT2D eigenvalue weighted by molar-refractivity contribution is -0.119. The van der Waals surface area contributed by atoms with Gasteiger partial charge in [0.15, 0.2) is 0 Å². The summed E-state index contributed by atoms with van der Waals surface area (Å²) in [6.07, 6.45) is 6.21. The second-order valence-corrected chi connectivity index (χ2v) is 6.18. The first-order valence-corrected chi connectivity index (χ1v) is 6.14. The zero-order chi connectivity index (χ0) is 11.5. The van der Waals surface area contributed by atoms with Crippen molar-refractivity contribution in [3.63, 3.8) is 0 Å². The third-order valence-electron chi connectivity index (χ3n) is 3.16. The highest BCUT2D eigenvalue weighted by atomic mass is 16.1. The molecule has 1 amide bonds. The van der Waals surface area contributed by atoms with Gasteiger partial charge in [0.05, 0.1) is 0 Å². The molecule has 0 heterocycles. The Morgan fingerprint density at radius 3 is 2.13 bits per heavy atom. The van der Waals surface area contributed by atoms with Crippen LogP contribution in [0.15, 0.2) is 0 Å². The number of rotatable bonds is 2. The van der Waals surface area contributed by atoms with Crippen LogP contribution in [0.25, 0.3) is 0 Å². The summed E-state index contributed by atoms with van der Waals surface area (Å²) < 4.78 is 0. The molecule has 0 aromatic heterocycles. The number of hydrogen-bond acceptors (Lipinski definition) is 1. The zero-order valence-corrected chi connectivity index (χ0v) is 10.6. The monoisotopic (exact) mass is 211 g/mol. The Morgan fingerprint density at radius 2 is 1.73 bits per heavy atom. The molecule has 1 rings (SSSR count). The SMILES string of the molecule is CC(=O)N[C@H]1CC[C@H](CC(C)(C)C)CC1. The number of carbonyl (C=O) groups is 1. The van der Waals surface area contributed by atoms with Crippen LogP contribution in [0, 0.1) is 11.3 Å². The molecule has 0 aromatic rings. The van der Waals surface area contributed by atoms with E-state index < -0.39 is 0 Å². The Kier molecular flexibility index (Phi) is 4.18. The largest absolute Gasteiger partial charge is 0.354 e. The van der Waals surface area contributed by atoms with Gasteiger partial charge in [-0.3, -0.25) is 4.79 Å². The second-order valence-electron chi connectivity index (χ2n) is 6.18. The van der Waals surface area contributed by atoms with E-state index in [1.54, 1.807) is 6.92 Å². The molecule has 0 saturated heterocycles. The molecule has 2 heteroatoms. The molecular formula is C13H25NO. The van der Waals surface area contributed by atoms with Gasteiger partial charge in [0.1, 0.15) is 0 Å². The van der Waals surface area contributed by atoms with Gasteiger partial charge in [0.25, 0.3) is 0 Å². The van der Waals surface area contributed by atoms with E-state index in [0.29, 0.717) is 11.5 Å². The van der Waals surface area contributed by atoms with Gasteiger partial charge in [-0.05, 0) is 43.4 Å². The summed E-state index contributed by atoms with van der Waals surface area (Å²) in [5, 5.41) is 3.03. The van der Waals surface area contributed by atoms with Crippen LogP contribution in [0.5, 0.6) is 0 Å². The van der Waals surface area contributed by atoms with Gasteiger partial charge < -0.3 is 5.32 Å². The van der Waals surface area contributed by atoms with Crippen LogP contribution in [-0.4, -0.2) is 11.9 Å². The molecule has 1 fully saturated rings. The quantitative estimate of drug-likeness (QED) is 0.747. The lowest BCUT2D eigenvalue weighted by Crippen LogP contribution is -2.36. The highest BCUT2D eigenvalue weighted by molar-refractivity contribution is 5.73. The van der Waals surface area contributed by atoms with Gasteiger partial charge >= 0.3 is 0 Å². The molecule has 0 aromatic carbocycles. The van der Waals surface area contributed by atoms with Crippen molar-refractivity contribution >= 4 is 5.91 Å². The van der Waals surface area contributed by atoms with E-state index in [1.165, 1.54) is 32.1 Å². The molecule has 0 spiro atoms. The molecule has 2 nitrogen and oxygen atoms in total. The van der Waals surface area contributed by atoms with E-state index in [2.05, 4.69) is 26.1 Å². The van der Waals surface area contributed by atoms with E-state index in [4.69, 9.17) is 0 Å². The predicted octanol–water partition coefficient (Wildman–Crippen LogP) is 3.12. The molecule has 0 bridgehead atoms. The maximum absolute atomic E-state index is 10.9. The fourth-order valence-corrected chi connectivity index (χ4v) is 2.66. The molecular weight excluding hydrogens is 186 g/mol. The van der Waals surface area contributed by atoms with Crippen LogP contribution in [-0.2, 0) is 4.79 Å². The smallest absolute Gasteiger partial charge is 0.217 e. The molecule has 15 heavy (non-hydrogen) atoms. The van der Waals surface area contributed by atoms with Crippen LogP contribution in [0.1, 0.15) is 59.8 Å². The fourth-order valence-electron chi connectivity index (χ4n) is 2.66. The standard InChI is InChI=1S/C13H25NO/c1-10(15)14-12-7-5-11(6-8-12)9-13(2,3)4/h11-12H,5-9H2,1-4H3,(H,14,15)/t11-,12-. The number of nitrogens with one attached hydrogen (secondary N) is 1. The Labute approximate surface area is 93.8 Å². The van der Waals surface area contributed by atoms with E-state index in [1.807, 2.05) is 0 Å². The molecule has 1 aliphatic rings. The number of hydrogen-bond donors (Lipinski definition) is 1. The van der Waals surface area contributed by atoms with Crippen molar-refractivity contribution in [2.75, 3.05) is 0 Å². The Balaban J connectivity index is 2.27. The predicted molar refractivity (Wildman–Crippen MR) is 63.6 cm³/mol.